The lowest BCUT2D eigenvalue weighted by molar-refractivity contribution is 0.200. The maximum Gasteiger partial charge on any atom is 0.173 e. The zero-order valence-corrected chi connectivity index (χ0v) is 16.7. The first kappa shape index (κ1) is 19.2. The second kappa shape index (κ2) is 9.38. The van der Waals surface area contributed by atoms with E-state index in [2.05, 4.69) is 51.5 Å². The average molecular weight is 406 g/mol. The Hall–Kier alpha value is -1.59. The molecule has 1 N–H and O–H groups in total. The molecule has 1 fully saturated rings. The quantitative estimate of drug-likeness (QED) is 0.719. The van der Waals surface area contributed by atoms with Crippen LogP contribution in [0.4, 0.5) is 5.69 Å². The summed E-state index contributed by atoms with van der Waals surface area (Å²) in [6, 6.07) is 15.7. The zero-order chi connectivity index (χ0) is 18.4. The molecule has 0 atom stereocenters. The number of hydrogen-bond acceptors (Lipinski definition) is 2. The van der Waals surface area contributed by atoms with Crippen LogP contribution < -0.4 is 5.32 Å². The number of halogens is 2. The van der Waals surface area contributed by atoms with Gasteiger partial charge >= 0.3 is 0 Å². The van der Waals surface area contributed by atoms with Crippen molar-refractivity contribution >= 4 is 52.3 Å². The van der Waals surface area contributed by atoms with Crippen LogP contribution in [0.25, 0.3) is 6.08 Å². The molecule has 0 spiro atoms. The van der Waals surface area contributed by atoms with E-state index in [9.17, 15) is 0 Å². The minimum Gasteiger partial charge on any atom is -0.346 e. The van der Waals surface area contributed by atoms with Gasteiger partial charge in [0, 0.05) is 37.7 Å². The smallest absolute Gasteiger partial charge is 0.173 e. The third kappa shape index (κ3) is 5.45. The predicted octanol–water partition coefficient (Wildman–Crippen LogP) is 5.02. The third-order valence-electron chi connectivity index (χ3n) is 4.31. The van der Waals surface area contributed by atoms with E-state index in [0.29, 0.717) is 15.2 Å². The molecule has 0 aliphatic carbocycles. The normalized spacial score (nSPS) is 15.4. The van der Waals surface area contributed by atoms with Crippen molar-refractivity contribution in [1.82, 2.24) is 9.80 Å². The Bertz CT molecular complexity index is 772. The van der Waals surface area contributed by atoms with Crippen LogP contribution in [-0.4, -0.2) is 47.6 Å². The van der Waals surface area contributed by atoms with Gasteiger partial charge in [0.05, 0.1) is 10.7 Å². The maximum atomic E-state index is 6.20. The van der Waals surface area contributed by atoms with E-state index < -0.39 is 0 Å². The lowest BCUT2D eigenvalue weighted by atomic mass is 10.2. The monoisotopic (exact) mass is 405 g/mol. The van der Waals surface area contributed by atoms with E-state index in [1.807, 2.05) is 12.1 Å². The molecule has 0 amide bonds. The predicted molar refractivity (Wildman–Crippen MR) is 116 cm³/mol. The molecule has 6 heteroatoms. The Morgan fingerprint density at radius 2 is 1.77 bits per heavy atom. The van der Waals surface area contributed by atoms with Gasteiger partial charge in [-0.3, -0.25) is 4.90 Å². The van der Waals surface area contributed by atoms with E-state index in [-0.39, 0.29) is 0 Å². The molecular weight excluding hydrogens is 385 g/mol. The van der Waals surface area contributed by atoms with Gasteiger partial charge in [-0.05, 0) is 36.0 Å². The third-order valence-corrected chi connectivity index (χ3v) is 5.21. The molecular formula is C20H21Cl2N3S. The Balaban J connectivity index is 1.45. The Kier molecular flexibility index (Phi) is 6.92. The van der Waals surface area contributed by atoms with E-state index in [1.54, 1.807) is 12.1 Å². The van der Waals surface area contributed by atoms with Crippen molar-refractivity contribution in [3.63, 3.8) is 0 Å². The first-order valence-corrected chi connectivity index (χ1v) is 9.73. The minimum absolute atomic E-state index is 0.574. The molecule has 1 heterocycles. The Labute approximate surface area is 170 Å². The van der Waals surface area contributed by atoms with E-state index in [0.717, 1.165) is 38.4 Å². The molecule has 2 aromatic carbocycles. The van der Waals surface area contributed by atoms with Gasteiger partial charge in [0.15, 0.2) is 5.11 Å². The summed E-state index contributed by atoms with van der Waals surface area (Å²) in [7, 11) is 0. The lowest BCUT2D eigenvalue weighted by Gasteiger charge is -2.35. The first-order chi connectivity index (χ1) is 12.6. The van der Waals surface area contributed by atoms with Gasteiger partial charge in [0.2, 0.25) is 0 Å². The molecule has 1 saturated heterocycles. The number of nitrogens with one attached hydrogen (secondary N) is 1. The van der Waals surface area contributed by atoms with Crippen LogP contribution in [-0.2, 0) is 0 Å². The molecule has 1 aliphatic rings. The van der Waals surface area contributed by atoms with Crippen molar-refractivity contribution in [2.75, 3.05) is 38.0 Å². The number of hydrogen-bond donors (Lipinski definition) is 1. The molecule has 3 nitrogen and oxygen atoms in total. The van der Waals surface area contributed by atoms with Crippen molar-refractivity contribution in [1.29, 1.82) is 0 Å². The highest BCUT2D eigenvalue weighted by Gasteiger charge is 2.18. The van der Waals surface area contributed by atoms with Gasteiger partial charge < -0.3 is 10.2 Å². The van der Waals surface area contributed by atoms with Crippen molar-refractivity contribution in [3.05, 3.63) is 70.2 Å². The molecule has 136 valence electrons. The van der Waals surface area contributed by atoms with Crippen molar-refractivity contribution < 1.29 is 0 Å². The summed E-state index contributed by atoms with van der Waals surface area (Å²) < 4.78 is 0. The fraction of sp³-hybridized carbons (Fsp3) is 0.250. The van der Waals surface area contributed by atoms with Gasteiger partial charge in [-0.2, -0.15) is 0 Å². The standard InChI is InChI=1S/C20H21Cl2N3S/c21-17-8-9-19(18(22)15-17)23-20(26)25-13-11-24(12-14-25)10-4-7-16-5-2-1-3-6-16/h1-9,15H,10-14H2,(H,23,26). The molecule has 0 unspecified atom stereocenters. The Morgan fingerprint density at radius 3 is 2.46 bits per heavy atom. The SMILES string of the molecule is S=C(Nc1ccc(Cl)cc1Cl)N1CCN(CC=Cc2ccccc2)CC1. The van der Waals surface area contributed by atoms with Gasteiger partial charge in [0.25, 0.3) is 0 Å². The Morgan fingerprint density at radius 1 is 1.04 bits per heavy atom. The second-order valence-corrected chi connectivity index (χ2v) is 7.39. The summed E-state index contributed by atoms with van der Waals surface area (Å²) in [4.78, 5) is 4.60. The summed E-state index contributed by atoms with van der Waals surface area (Å²) in [6.07, 6.45) is 4.39. The lowest BCUT2D eigenvalue weighted by Crippen LogP contribution is -2.49. The highest BCUT2D eigenvalue weighted by molar-refractivity contribution is 7.80. The fourth-order valence-electron chi connectivity index (χ4n) is 2.82. The topological polar surface area (TPSA) is 18.5 Å². The molecule has 0 radical (unpaired) electrons. The minimum atomic E-state index is 0.574. The van der Waals surface area contributed by atoms with Crippen molar-refractivity contribution in [3.8, 4) is 0 Å². The van der Waals surface area contributed by atoms with E-state index in [1.165, 1.54) is 5.56 Å². The number of anilines is 1. The van der Waals surface area contributed by atoms with Gasteiger partial charge in [-0.15, -0.1) is 0 Å². The number of thiocarbonyl (C=S) groups is 1. The molecule has 2 aromatic rings. The summed E-state index contributed by atoms with van der Waals surface area (Å²) in [6.45, 7) is 4.71. The van der Waals surface area contributed by atoms with Crippen LogP contribution in [0.3, 0.4) is 0 Å². The van der Waals surface area contributed by atoms with Gasteiger partial charge in [0.1, 0.15) is 0 Å². The molecule has 1 aliphatic heterocycles. The fourth-order valence-corrected chi connectivity index (χ4v) is 3.57. The van der Waals surface area contributed by atoms with Crippen LogP contribution in [0, 0.1) is 0 Å². The van der Waals surface area contributed by atoms with E-state index in [4.69, 9.17) is 35.4 Å². The number of rotatable bonds is 4. The highest BCUT2D eigenvalue weighted by Crippen LogP contribution is 2.25. The van der Waals surface area contributed by atoms with E-state index >= 15 is 0 Å². The summed E-state index contributed by atoms with van der Waals surface area (Å²) in [5.41, 5.74) is 2.02. The van der Waals surface area contributed by atoms with Crippen LogP contribution in [0.1, 0.15) is 5.56 Å². The first-order valence-electron chi connectivity index (χ1n) is 8.57. The number of piperazine rings is 1. The second-order valence-electron chi connectivity index (χ2n) is 6.16. The highest BCUT2D eigenvalue weighted by atomic mass is 35.5. The molecule has 0 aromatic heterocycles. The molecule has 26 heavy (non-hydrogen) atoms. The molecule has 0 saturated carbocycles. The van der Waals surface area contributed by atoms with Crippen LogP contribution in [0.2, 0.25) is 10.0 Å². The average Bonchev–Trinajstić information content (AvgIpc) is 2.65. The molecule has 3 rings (SSSR count). The number of nitrogens with zero attached hydrogens (tertiary/aromatic N) is 2. The summed E-state index contributed by atoms with van der Waals surface area (Å²) in [5.74, 6) is 0. The molecule has 0 bridgehead atoms. The van der Waals surface area contributed by atoms with Crippen LogP contribution in [0.5, 0.6) is 0 Å². The van der Waals surface area contributed by atoms with Gasteiger partial charge in [-0.25, -0.2) is 0 Å². The largest absolute Gasteiger partial charge is 0.346 e. The summed E-state index contributed by atoms with van der Waals surface area (Å²) in [5, 5.41) is 5.11. The number of benzene rings is 2. The maximum absolute atomic E-state index is 6.20. The summed E-state index contributed by atoms with van der Waals surface area (Å²) >= 11 is 17.7. The van der Waals surface area contributed by atoms with Crippen LogP contribution in [0.15, 0.2) is 54.6 Å². The van der Waals surface area contributed by atoms with Gasteiger partial charge in [-0.1, -0.05) is 65.7 Å². The van der Waals surface area contributed by atoms with Crippen molar-refractivity contribution in [2.24, 2.45) is 0 Å². The van der Waals surface area contributed by atoms with Crippen molar-refractivity contribution in [2.45, 2.75) is 0 Å². The zero-order valence-electron chi connectivity index (χ0n) is 14.4. The van der Waals surface area contributed by atoms with Crippen LogP contribution >= 0.6 is 35.4 Å².